The van der Waals surface area contributed by atoms with Gasteiger partial charge in [-0.05, 0) is 30.7 Å². The topological polar surface area (TPSA) is 77.5 Å². The predicted octanol–water partition coefficient (Wildman–Crippen LogP) is 4.01. The maximum absolute atomic E-state index is 12.4. The number of nitrogens with one attached hydrogen (secondary N) is 1. The van der Waals surface area contributed by atoms with E-state index in [1.807, 2.05) is 36.6 Å². The number of hydrogen-bond acceptors (Lipinski definition) is 7. The number of rotatable bonds is 8. The summed E-state index contributed by atoms with van der Waals surface area (Å²) in [7, 11) is 0. The van der Waals surface area contributed by atoms with Crippen LogP contribution in [-0.4, -0.2) is 29.2 Å². The summed E-state index contributed by atoms with van der Waals surface area (Å²) in [5.74, 6) is 1.44. The monoisotopic (exact) mass is 440 g/mol. The molecule has 0 saturated carbocycles. The van der Waals surface area contributed by atoms with Gasteiger partial charge in [0.2, 0.25) is 12.7 Å². The minimum Gasteiger partial charge on any atom is -0.454 e. The van der Waals surface area contributed by atoms with Gasteiger partial charge in [0.05, 0.1) is 17.9 Å². The Morgan fingerprint density at radius 2 is 1.93 bits per heavy atom. The Balaban J connectivity index is 1.25. The Labute approximate surface area is 182 Å². The quantitative estimate of drug-likeness (QED) is 0.421. The maximum Gasteiger partial charge on any atom is 0.231 e. The summed E-state index contributed by atoms with van der Waals surface area (Å²) < 4.78 is 11.3. The van der Waals surface area contributed by atoms with Gasteiger partial charge in [-0.1, -0.05) is 41.6 Å². The lowest BCUT2D eigenvalue weighted by Crippen LogP contribution is -2.24. The highest BCUT2D eigenvalue weighted by atomic mass is 32.2. The molecule has 2 aromatic carbocycles. The Morgan fingerprint density at radius 1 is 1.13 bits per heavy atom. The normalized spacial score (nSPS) is 12.0. The van der Waals surface area contributed by atoms with E-state index in [2.05, 4.69) is 10.3 Å². The second-order valence-electron chi connectivity index (χ2n) is 6.82. The molecule has 2 heterocycles. The van der Waals surface area contributed by atoms with E-state index in [9.17, 15) is 9.59 Å². The van der Waals surface area contributed by atoms with Gasteiger partial charge in [0, 0.05) is 17.5 Å². The Morgan fingerprint density at radius 3 is 2.77 bits per heavy atom. The lowest BCUT2D eigenvalue weighted by Gasteiger charge is -2.04. The largest absolute Gasteiger partial charge is 0.454 e. The Bertz CT molecular complexity index is 1060. The van der Waals surface area contributed by atoms with Crippen LogP contribution in [0.4, 0.5) is 0 Å². The van der Waals surface area contributed by atoms with Crippen molar-refractivity contribution in [3.05, 3.63) is 70.2 Å². The molecular formula is C22H20N2O4S2. The Kier molecular flexibility index (Phi) is 6.35. The van der Waals surface area contributed by atoms with Crippen LogP contribution in [-0.2, 0) is 17.8 Å². The number of Topliss-reactive ketones (excluding diaryl/α,β-unsaturated/α-hetero) is 1. The molecule has 0 radical (unpaired) electrons. The standard InChI is InChI=1S/C22H20N2O4S2/c1-14-2-4-15(5-3-14)10-23-21(26)9-17-11-29-22(24-17)30-12-18(25)16-6-7-19-20(8-16)28-13-27-19/h2-8,11H,9-10,12-13H2,1H3,(H,23,26). The van der Waals surface area contributed by atoms with Crippen LogP contribution in [0.3, 0.4) is 0 Å². The molecule has 0 atom stereocenters. The van der Waals surface area contributed by atoms with Crippen LogP contribution in [0.25, 0.3) is 0 Å². The van der Waals surface area contributed by atoms with Gasteiger partial charge >= 0.3 is 0 Å². The third-order valence-corrected chi connectivity index (χ3v) is 6.57. The molecule has 3 aromatic rings. The first-order valence-corrected chi connectivity index (χ1v) is 11.3. The molecule has 0 saturated heterocycles. The summed E-state index contributed by atoms with van der Waals surface area (Å²) in [5, 5.41) is 4.77. The lowest BCUT2D eigenvalue weighted by atomic mass is 10.1. The zero-order valence-electron chi connectivity index (χ0n) is 16.3. The van der Waals surface area contributed by atoms with Crippen molar-refractivity contribution in [1.82, 2.24) is 10.3 Å². The highest BCUT2D eigenvalue weighted by Crippen LogP contribution is 2.33. The number of thioether (sulfide) groups is 1. The molecule has 1 amide bonds. The number of benzene rings is 2. The molecule has 154 valence electrons. The van der Waals surface area contributed by atoms with Crippen molar-refractivity contribution in [3.63, 3.8) is 0 Å². The Hall–Kier alpha value is -2.84. The number of ketones is 1. The summed E-state index contributed by atoms with van der Waals surface area (Å²) in [4.78, 5) is 29.1. The van der Waals surface area contributed by atoms with Gasteiger partial charge < -0.3 is 14.8 Å². The SMILES string of the molecule is Cc1ccc(CNC(=O)Cc2csc(SCC(=O)c3ccc4c(c3)OCO4)n2)cc1. The second-order valence-corrected chi connectivity index (χ2v) is 8.90. The molecule has 0 bridgehead atoms. The molecule has 30 heavy (non-hydrogen) atoms. The van der Waals surface area contributed by atoms with Gasteiger partial charge in [0.25, 0.3) is 0 Å². The average molecular weight is 441 g/mol. The van der Waals surface area contributed by atoms with Crippen LogP contribution < -0.4 is 14.8 Å². The van der Waals surface area contributed by atoms with E-state index in [0.717, 1.165) is 9.90 Å². The van der Waals surface area contributed by atoms with Crippen LogP contribution in [0, 0.1) is 6.92 Å². The lowest BCUT2D eigenvalue weighted by molar-refractivity contribution is -0.120. The van der Waals surface area contributed by atoms with Gasteiger partial charge in [0.1, 0.15) is 0 Å². The van der Waals surface area contributed by atoms with Crippen molar-refractivity contribution in [2.24, 2.45) is 0 Å². The number of fused-ring (bicyclic) bond motifs is 1. The molecule has 4 rings (SSSR count). The van der Waals surface area contributed by atoms with Gasteiger partial charge in [-0.3, -0.25) is 9.59 Å². The van der Waals surface area contributed by atoms with Crippen LogP contribution >= 0.6 is 23.1 Å². The number of amides is 1. The van der Waals surface area contributed by atoms with Crippen molar-refractivity contribution in [2.45, 2.75) is 24.2 Å². The highest BCUT2D eigenvalue weighted by Gasteiger charge is 2.17. The molecule has 0 unspecified atom stereocenters. The number of ether oxygens (including phenoxy) is 2. The van der Waals surface area contributed by atoms with Crippen molar-refractivity contribution in [2.75, 3.05) is 12.5 Å². The van der Waals surface area contributed by atoms with E-state index in [0.29, 0.717) is 29.3 Å². The molecule has 1 aliphatic rings. The zero-order chi connectivity index (χ0) is 20.9. The van der Waals surface area contributed by atoms with Crippen LogP contribution in [0.5, 0.6) is 11.5 Å². The van der Waals surface area contributed by atoms with E-state index in [-0.39, 0.29) is 30.7 Å². The summed E-state index contributed by atoms with van der Waals surface area (Å²) in [5.41, 5.74) is 3.54. The van der Waals surface area contributed by atoms with E-state index in [4.69, 9.17) is 9.47 Å². The molecule has 1 aliphatic heterocycles. The summed E-state index contributed by atoms with van der Waals surface area (Å²) in [6.45, 7) is 2.71. The van der Waals surface area contributed by atoms with Crippen molar-refractivity contribution in [3.8, 4) is 11.5 Å². The molecule has 1 N–H and O–H groups in total. The molecule has 8 heteroatoms. The maximum atomic E-state index is 12.4. The third kappa shape index (κ3) is 5.20. The van der Waals surface area contributed by atoms with E-state index < -0.39 is 0 Å². The molecule has 0 spiro atoms. The van der Waals surface area contributed by atoms with Crippen LogP contribution in [0.15, 0.2) is 52.2 Å². The number of aryl methyl sites for hydroxylation is 1. The number of hydrogen-bond donors (Lipinski definition) is 1. The number of carbonyl (C=O) groups is 2. The number of nitrogens with zero attached hydrogens (tertiary/aromatic N) is 1. The minimum atomic E-state index is -0.0751. The fourth-order valence-corrected chi connectivity index (χ4v) is 4.59. The summed E-state index contributed by atoms with van der Waals surface area (Å²) >= 11 is 2.81. The average Bonchev–Trinajstić information content (AvgIpc) is 3.40. The summed E-state index contributed by atoms with van der Waals surface area (Å²) in [6, 6.07) is 13.2. The van der Waals surface area contributed by atoms with Crippen molar-refractivity contribution in [1.29, 1.82) is 0 Å². The van der Waals surface area contributed by atoms with Crippen molar-refractivity contribution >= 4 is 34.8 Å². The molecule has 0 fully saturated rings. The molecule has 6 nitrogen and oxygen atoms in total. The van der Waals surface area contributed by atoms with E-state index in [1.54, 1.807) is 18.2 Å². The number of carbonyl (C=O) groups excluding carboxylic acids is 2. The zero-order valence-corrected chi connectivity index (χ0v) is 18.0. The second kappa shape index (κ2) is 9.32. The van der Waals surface area contributed by atoms with Crippen molar-refractivity contribution < 1.29 is 19.1 Å². The first-order valence-electron chi connectivity index (χ1n) is 9.39. The summed E-state index contributed by atoms with van der Waals surface area (Å²) in [6.07, 6.45) is 0.221. The fourth-order valence-electron chi connectivity index (χ4n) is 2.85. The first-order chi connectivity index (χ1) is 14.6. The minimum absolute atomic E-state index is 0.00843. The van der Waals surface area contributed by atoms with Gasteiger partial charge in [-0.15, -0.1) is 11.3 Å². The van der Waals surface area contributed by atoms with Gasteiger partial charge in [-0.2, -0.15) is 0 Å². The van der Waals surface area contributed by atoms with Crippen LogP contribution in [0.2, 0.25) is 0 Å². The number of thiazole rings is 1. The van der Waals surface area contributed by atoms with Gasteiger partial charge in [0.15, 0.2) is 21.6 Å². The van der Waals surface area contributed by atoms with E-state index >= 15 is 0 Å². The molecular weight excluding hydrogens is 420 g/mol. The van der Waals surface area contributed by atoms with Gasteiger partial charge in [-0.25, -0.2) is 4.98 Å². The fraction of sp³-hybridized carbons (Fsp3) is 0.227. The number of aromatic nitrogens is 1. The predicted molar refractivity (Wildman–Crippen MR) is 116 cm³/mol. The smallest absolute Gasteiger partial charge is 0.231 e. The highest BCUT2D eigenvalue weighted by molar-refractivity contribution is 8.01. The van der Waals surface area contributed by atoms with Crippen LogP contribution in [0.1, 0.15) is 27.2 Å². The molecule has 1 aromatic heterocycles. The third-order valence-electron chi connectivity index (χ3n) is 4.50. The molecule has 0 aliphatic carbocycles. The van der Waals surface area contributed by atoms with E-state index in [1.165, 1.54) is 28.7 Å². The first kappa shape index (κ1) is 20.4.